The van der Waals surface area contributed by atoms with Crippen LogP contribution in [0, 0.1) is 11.2 Å². The van der Waals surface area contributed by atoms with Gasteiger partial charge in [0.15, 0.2) is 0 Å². The fraction of sp³-hybridized carbons (Fsp3) is 0.500. The van der Waals surface area contributed by atoms with E-state index in [1.165, 1.54) is 12.1 Å². The van der Waals surface area contributed by atoms with E-state index in [4.69, 9.17) is 5.41 Å². The second-order valence-electron chi connectivity index (χ2n) is 5.31. The van der Waals surface area contributed by atoms with Crippen molar-refractivity contribution in [3.63, 3.8) is 0 Å². The number of amidine groups is 1. The molecule has 18 heavy (non-hydrogen) atoms. The summed E-state index contributed by atoms with van der Waals surface area (Å²) in [5.74, 6) is 0.253. The van der Waals surface area contributed by atoms with Gasteiger partial charge in [-0.25, -0.2) is 4.39 Å². The topological polar surface area (TPSA) is 30.3 Å². The van der Waals surface area contributed by atoms with Crippen LogP contribution in [0.4, 0.5) is 4.39 Å². The molecule has 4 heteroatoms. The summed E-state index contributed by atoms with van der Waals surface area (Å²) in [6, 6.07) is 5.23. The molecule has 96 valence electrons. The summed E-state index contributed by atoms with van der Waals surface area (Å²) < 4.78 is 13.2. The predicted octanol–water partition coefficient (Wildman–Crippen LogP) is 2.06. The third kappa shape index (κ3) is 1.90. The van der Waals surface area contributed by atoms with Crippen LogP contribution in [-0.4, -0.2) is 41.8 Å². The monoisotopic (exact) mass is 247 g/mol. The number of nitrogens with zero attached hydrogens (tertiary/aromatic N) is 2. The van der Waals surface area contributed by atoms with Crippen molar-refractivity contribution in [1.82, 2.24) is 9.80 Å². The summed E-state index contributed by atoms with van der Waals surface area (Å²) in [4.78, 5) is 4.46. The van der Waals surface area contributed by atoms with Crippen LogP contribution in [0.25, 0.3) is 0 Å². The van der Waals surface area contributed by atoms with Crippen molar-refractivity contribution in [2.75, 3.05) is 20.1 Å². The first-order valence-corrected chi connectivity index (χ1v) is 6.47. The average molecular weight is 247 g/mol. The largest absolute Gasteiger partial charge is 0.349 e. The number of piperidine rings is 1. The van der Waals surface area contributed by atoms with Gasteiger partial charge in [-0.3, -0.25) is 5.41 Å². The lowest BCUT2D eigenvalue weighted by atomic mass is 10.0. The van der Waals surface area contributed by atoms with Crippen molar-refractivity contribution in [2.24, 2.45) is 0 Å². The molecule has 0 bridgehead atoms. The number of hydrogen-bond acceptors (Lipinski definition) is 2. The van der Waals surface area contributed by atoms with Gasteiger partial charge in [-0.15, -0.1) is 0 Å². The van der Waals surface area contributed by atoms with Crippen molar-refractivity contribution in [1.29, 1.82) is 5.41 Å². The number of hydrogen-bond donors (Lipinski definition) is 1. The quantitative estimate of drug-likeness (QED) is 0.823. The molecule has 3 nitrogen and oxygen atoms in total. The second kappa shape index (κ2) is 4.35. The molecule has 0 unspecified atom stereocenters. The van der Waals surface area contributed by atoms with Crippen LogP contribution < -0.4 is 0 Å². The molecule has 1 saturated heterocycles. The Balaban J connectivity index is 1.80. The Morgan fingerprint density at radius 2 is 2.00 bits per heavy atom. The van der Waals surface area contributed by atoms with Crippen LogP contribution in [-0.2, 0) is 6.54 Å². The first-order valence-electron chi connectivity index (χ1n) is 6.47. The van der Waals surface area contributed by atoms with Gasteiger partial charge in [0, 0.05) is 18.2 Å². The van der Waals surface area contributed by atoms with E-state index in [9.17, 15) is 4.39 Å². The van der Waals surface area contributed by atoms with Crippen molar-refractivity contribution < 1.29 is 4.39 Å². The van der Waals surface area contributed by atoms with Gasteiger partial charge in [0.05, 0.1) is 0 Å². The Labute approximate surface area is 107 Å². The molecule has 1 aromatic rings. The van der Waals surface area contributed by atoms with E-state index in [-0.39, 0.29) is 5.82 Å². The molecule has 0 spiro atoms. The average Bonchev–Trinajstić information content (AvgIpc) is 2.68. The highest BCUT2D eigenvalue weighted by atomic mass is 19.1. The van der Waals surface area contributed by atoms with Gasteiger partial charge < -0.3 is 9.80 Å². The molecule has 1 N–H and O–H groups in total. The normalized spacial score (nSPS) is 21.4. The van der Waals surface area contributed by atoms with Crippen LogP contribution in [0.15, 0.2) is 18.2 Å². The molecule has 0 amide bonds. The fourth-order valence-corrected chi connectivity index (χ4v) is 2.94. The molecule has 2 heterocycles. The second-order valence-corrected chi connectivity index (χ2v) is 5.31. The van der Waals surface area contributed by atoms with Gasteiger partial charge >= 0.3 is 0 Å². The zero-order valence-corrected chi connectivity index (χ0v) is 10.6. The highest BCUT2D eigenvalue weighted by Crippen LogP contribution is 2.28. The molecule has 3 rings (SSSR count). The van der Waals surface area contributed by atoms with E-state index in [0.717, 1.165) is 43.6 Å². The van der Waals surface area contributed by atoms with Crippen LogP contribution in [0.2, 0.25) is 0 Å². The maximum absolute atomic E-state index is 13.2. The maximum Gasteiger partial charge on any atom is 0.129 e. The third-order valence-electron chi connectivity index (χ3n) is 4.08. The Kier molecular flexibility index (Phi) is 2.82. The van der Waals surface area contributed by atoms with Crippen molar-refractivity contribution >= 4 is 5.84 Å². The zero-order chi connectivity index (χ0) is 12.7. The Morgan fingerprint density at radius 3 is 2.72 bits per heavy atom. The van der Waals surface area contributed by atoms with Gasteiger partial charge in [0.25, 0.3) is 0 Å². The van der Waals surface area contributed by atoms with E-state index in [2.05, 4.69) is 16.8 Å². The van der Waals surface area contributed by atoms with Crippen molar-refractivity contribution in [3.05, 3.63) is 35.1 Å². The third-order valence-corrected chi connectivity index (χ3v) is 4.08. The number of nitrogens with one attached hydrogen (secondary N) is 1. The number of fused-ring (bicyclic) bond motifs is 1. The van der Waals surface area contributed by atoms with Crippen LogP contribution in [0.5, 0.6) is 0 Å². The minimum Gasteiger partial charge on any atom is -0.349 e. The molecular formula is C14H18FN3. The molecule has 0 saturated carbocycles. The molecule has 2 aliphatic rings. The number of benzene rings is 1. The van der Waals surface area contributed by atoms with E-state index in [1.54, 1.807) is 0 Å². The summed E-state index contributed by atoms with van der Waals surface area (Å²) in [5, 5.41) is 8.22. The molecule has 0 atom stereocenters. The van der Waals surface area contributed by atoms with Crippen molar-refractivity contribution in [3.8, 4) is 0 Å². The molecule has 1 fully saturated rings. The summed E-state index contributed by atoms with van der Waals surface area (Å²) >= 11 is 0. The van der Waals surface area contributed by atoms with E-state index in [1.807, 2.05) is 6.07 Å². The molecule has 0 aliphatic carbocycles. The SMILES string of the molecule is CN1CCC(N2Cc3ccc(F)cc3C2=N)CC1. The summed E-state index contributed by atoms with van der Waals surface area (Å²) in [7, 11) is 2.13. The number of halogens is 1. The molecule has 1 aromatic carbocycles. The smallest absolute Gasteiger partial charge is 0.129 e. The Hall–Kier alpha value is -1.42. The minimum absolute atomic E-state index is 0.247. The summed E-state index contributed by atoms with van der Waals surface area (Å²) in [5.41, 5.74) is 1.86. The van der Waals surface area contributed by atoms with Gasteiger partial charge in [-0.05, 0) is 50.7 Å². The van der Waals surface area contributed by atoms with E-state index in [0.29, 0.717) is 11.9 Å². The Morgan fingerprint density at radius 1 is 1.28 bits per heavy atom. The molecule has 0 radical (unpaired) electrons. The van der Waals surface area contributed by atoms with Crippen LogP contribution in [0.1, 0.15) is 24.0 Å². The lowest BCUT2D eigenvalue weighted by Gasteiger charge is -2.36. The zero-order valence-electron chi connectivity index (χ0n) is 10.6. The van der Waals surface area contributed by atoms with Crippen LogP contribution in [0.3, 0.4) is 0 Å². The lowest BCUT2D eigenvalue weighted by molar-refractivity contribution is 0.175. The molecule has 0 aromatic heterocycles. The number of rotatable bonds is 1. The number of likely N-dealkylation sites (tertiary alicyclic amines) is 1. The predicted molar refractivity (Wildman–Crippen MR) is 69.3 cm³/mol. The van der Waals surface area contributed by atoms with Gasteiger partial charge in [0.1, 0.15) is 11.7 Å². The fourth-order valence-electron chi connectivity index (χ4n) is 2.94. The van der Waals surface area contributed by atoms with Crippen molar-refractivity contribution in [2.45, 2.75) is 25.4 Å². The van der Waals surface area contributed by atoms with Gasteiger partial charge in [-0.2, -0.15) is 0 Å². The van der Waals surface area contributed by atoms with E-state index >= 15 is 0 Å². The highest BCUT2D eigenvalue weighted by molar-refractivity contribution is 6.00. The summed E-state index contributed by atoms with van der Waals surface area (Å²) in [6.45, 7) is 2.93. The first kappa shape index (κ1) is 11.7. The highest BCUT2D eigenvalue weighted by Gasteiger charge is 2.31. The maximum atomic E-state index is 13.2. The van der Waals surface area contributed by atoms with Gasteiger partial charge in [-0.1, -0.05) is 6.07 Å². The van der Waals surface area contributed by atoms with Gasteiger partial charge in [0.2, 0.25) is 0 Å². The molecule has 2 aliphatic heterocycles. The lowest BCUT2D eigenvalue weighted by Crippen LogP contribution is -2.43. The Bertz CT molecular complexity index is 478. The summed E-state index contributed by atoms with van der Waals surface area (Å²) in [6.07, 6.45) is 2.19. The van der Waals surface area contributed by atoms with E-state index < -0.39 is 0 Å². The molecular weight excluding hydrogens is 229 g/mol. The standard InChI is InChI=1S/C14H18FN3/c1-17-6-4-12(5-7-17)18-9-10-2-3-11(15)8-13(10)14(18)16/h2-3,8,12,16H,4-7,9H2,1H3. The first-order chi connectivity index (χ1) is 8.65. The minimum atomic E-state index is -0.247. The van der Waals surface area contributed by atoms with Crippen LogP contribution >= 0.6 is 0 Å².